The van der Waals surface area contributed by atoms with Gasteiger partial charge < -0.3 is 14.9 Å². The number of ether oxygens (including phenoxy) is 1. The largest absolute Gasteiger partial charge is 0.396 e. The molecular formula is C7H15N3O3. The highest BCUT2D eigenvalue weighted by Gasteiger charge is 2.01. The van der Waals surface area contributed by atoms with Crippen LogP contribution in [0.1, 0.15) is 12.8 Å². The van der Waals surface area contributed by atoms with E-state index in [9.17, 15) is 0 Å². The Hall–Kier alpha value is -0.810. The number of aliphatic hydroxyl groups is 2. The van der Waals surface area contributed by atoms with Crippen LogP contribution in [0, 0.1) is 0 Å². The van der Waals surface area contributed by atoms with Gasteiger partial charge in [0.1, 0.15) is 0 Å². The first-order valence-electron chi connectivity index (χ1n) is 4.18. The molecule has 0 aromatic rings. The Labute approximate surface area is 76.8 Å². The van der Waals surface area contributed by atoms with Crippen molar-refractivity contribution in [3.63, 3.8) is 0 Å². The number of azide groups is 1. The van der Waals surface area contributed by atoms with Crippen LogP contribution in [0.15, 0.2) is 5.11 Å². The predicted molar refractivity (Wildman–Crippen MR) is 47.2 cm³/mol. The van der Waals surface area contributed by atoms with Crippen molar-refractivity contribution >= 4 is 0 Å². The Balaban J connectivity index is 3.16. The van der Waals surface area contributed by atoms with Crippen molar-refractivity contribution in [3.05, 3.63) is 10.4 Å². The first-order valence-corrected chi connectivity index (χ1v) is 4.18. The molecule has 0 saturated carbocycles. The number of nitrogens with zero attached hydrogens (tertiary/aromatic N) is 3. The normalized spacial score (nSPS) is 12.2. The summed E-state index contributed by atoms with van der Waals surface area (Å²) in [6.45, 7) is 0.874. The summed E-state index contributed by atoms with van der Waals surface area (Å²) in [6, 6.07) is 0. The molecular weight excluding hydrogens is 174 g/mol. The van der Waals surface area contributed by atoms with Crippen LogP contribution in [0.3, 0.4) is 0 Å². The Morgan fingerprint density at radius 2 is 2.23 bits per heavy atom. The summed E-state index contributed by atoms with van der Waals surface area (Å²) >= 11 is 0. The highest BCUT2D eigenvalue weighted by Crippen LogP contribution is 1.91. The van der Waals surface area contributed by atoms with Crippen LogP contribution < -0.4 is 0 Å². The zero-order valence-corrected chi connectivity index (χ0v) is 7.46. The van der Waals surface area contributed by atoms with Crippen molar-refractivity contribution in [2.75, 3.05) is 26.4 Å². The maximum absolute atomic E-state index is 9.10. The molecule has 0 spiro atoms. The molecule has 0 bridgehead atoms. The van der Waals surface area contributed by atoms with Gasteiger partial charge in [0.2, 0.25) is 0 Å². The average molecular weight is 189 g/mol. The second-order valence-corrected chi connectivity index (χ2v) is 2.57. The van der Waals surface area contributed by atoms with Gasteiger partial charge in [-0.1, -0.05) is 5.11 Å². The Kier molecular flexibility index (Phi) is 8.70. The minimum absolute atomic E-state index is 0.0382. The van der Waals surface area contributed by atoms with Crippen molar-refractivity contribution in [1.82, 2.24) is 0 Å². The highest BCUT2D eigenvalue weighted by molar-refractivity contribution is 4.57. The fourth-order valence-electron chi connectivity index (χ4n) is 0.719. The van der Waals surface area contributed by atoms with E-state index in [1.54, 1.807) is 0 Å². The van der Waals surface area contributed by atoms with Gasteiger partial charge in [0.25, 0.3) is 0 Å². The summed E-state index contributed by atoms with van der Waals surface area (Å²) in [5.41, 5.74) is 7.94. The number of aliphatic hydroxyl groups excluding tert-OH is 2. The molecule has 0 rings (SSSR count). The molecule has 76 valence electrons. The predicted octanol–water partition coefficient (Wildman–Crippen LogP) is 0.447. The van der Waals surface area contributed by atoms with E-state index in [4.69, 9.17) is 20.5 Å². The highest BCUT2D eigenvalue weighted by atomic mass is 16.5. The van der Waals surface area contributed by atoms with E-state index in [2.05, 4.69) is 10.0 Å². The number of unbranched alkanes of at least 4 members (excludes halogenated alkanes) is 1. The van der Waals surface area contributed by atoms with E-state index < -0.39 is 6.10 Å². The topological polar surface area (TPSA) is 98.5 Å². The zero-order valence-electron chi connectivity index (χ0n) is 7.46. The first-order chi connectivity index (χ1) is 6.31. The number of rotatable bonds is 8. The second-order valence-electron chi connectivity index (χ2n) is 2.57. The summed E-state index contributed by atoms with van der Waals surface area (Å²) in [6.07, 6.45) is 0.738. The maximum Gasteiger partial charge on any atom is 0.0829 e. The van der Waals surface area contributed by atoms with Crippen LogP contribution in [0.2, 0.25) is 0 Å². The molecule has 0 aliphatic carbocycles. The maximum atomic E-state index is 9.10. The lowest BCUT2D eigenvalue weighted by molar-refractivity contribution is 0.0386. The van der Waals surface area contributed by atoms with E-state index in [1.807, 2.05) is 0 Å². The third kappa shape index (κ3) is 9.10. The monoisotopic (exact) mass is 189 g/mol. The molecule has 13 heavy (non-hydrogen) atoms. The van der Waals surface area contributed by atoms with Gasteiger partial charge in [-0.05, 0) is 18.4 Å². The van der Waals surface area contributed by atoms with Crippen molar-refractivity contribution < 1.29 is 14.9 Å². The van der Waals surface area contributed by atoms with Gasteiger partial charge in [0.15, 0.2) is 0 Å². The number of hydrogen-bond donors (Lipinski definition) is 2. The third-order valence-electron chi connectivity index (χ3n) is 1.36. The lowest BCUT2D eigenvalue weighted by atomic mass is 10.3. The summed E-state index contributed by atoms with van der Waals surface area (Å²) < 4.78 is 5.05. The molecule has 0 aromatic heterocycles. The third-order valence-corrected chi connectivity index (χ3v) is 1.36. The minimum Gasteiger partial charge on any atom is -0.396 e. The van der Waals surface area contributed by atoms with E-state index in [-0.39, 0.29) is 19.8 Å². The fourth-order valence-corrected chi connectivity index (χ4v) is 0.719. The van der Waals surface area contributed by atoms with Gasteiger partial charge in [-0.3, -0.25) is 0 Å². The quantitative estimate of drug-likeness (QED) is 0.251. The van der Waals surface area contributed by atoms with E-state index in [1.165, 1.54) is 0 Å². The van der Waals surface area contributed by atoms with E-state index in [0.717, 1.165) is 6.42 Å². The molecule has 0 fully saturated rings. The fraction of sp³-hybridized carbons (Fsp3) is 1.00. The lowest BCUT2D eigenvalue weighted by Gasteiger charge is -2.07. The molecule has 2 N–H and O–H groups in total. The van der Waals surface area contributed by atoms with Crippen LogP contribution in [-0.2, 0) is 4.74 Å². The summed E-state index contributed by atoms with van der Waals surface area (Å²) in [7, 11) is 0. The molecule has 0 radical (unpaired) electrons. The molecule has 0 aliphatic heterocycles. The first kappa shape index (κ1) is 12.2. The lowest BCUT2D eigenvalue weighted by Crippen LogP contribution is -2.18. The molecule has 6 nitrogen and oxygen atoms in total. The molecule has 0 amide bonds. The number of hydrogen-bond acceptors (Lipinski definition) is 4. The van der Waals surface area contributed by atoms with Crippen LogP contribution in [-0.4, -0.2) is 42.7 Å². The molecule has 0 heterocycles. The summed E-state index contributed by atoms with van der Waals surface area (Å²) in [4.78, 5) is 2.51. The van der Waals surface area contributed by atoms with Gasteiger partial charge in [-0.15, -0.1) is 0 Å². The van der Waals surface area contributed by atoms with Gasteiger partial charge >= 0.3 is 0 Å². The summed E-state index contributed by atoms with van der Waals surface area (Å²) in [5, 5.41) is 20.7. The van der Waals surface area contributed by atoms with Crippen LogP contribution in [0.4, 0.5) is 0 Å². The van der Waals surface area contributed by atoms with Crippen molar-refractivity contribution in [1.29, 1.82) is 0 Å². The van der Waals surface area contributed by atoms with Crippen molar-refractivity contribution in [2.24, 2.45) is 5.11 Å². The minimum atomic E-state index is -0.731. The second kappa shape index (κ2) is 9.28. The van der Waals surface area contributed by atoms with Crippen LogP contribution in [0.5, 0.6) is 0 Å². The summed E-state index contributed by atoms with van der Waals surface area (Å²) in [5.74, 6) is 0. The molecule has 1 unspecified atom stereocenters. The van der Waals surface area contributed by atoms with Crippen molar-refractivity contribution in [3.8, 4) is 0 Å². The molecule has 0 saturated heterocycles. The average Bonchev–Trinajstić information content (AvgIpc) is 2.14. The van der Waals surface area contributed by atoms with Gasteiger partial charge in [0, 0.05) is 18.1 Å². The standard InChI is InChI=1S/C7H15N3O3/c8-10-9-5-7(12)6-13-4-2-1-3-11/h7,11-12H,1-6H2. The Bertz CT molecular complexity index is 159. The zero-order chi connectivity index (χ0) is 9.94. The van der Waals surface area contributed by atoms with Crippen LogP contribution in [0.25, 0.3) is 10.4 Å². The molecule has 6 heteroatoms. The van der Waals surface area contributed by atoms with E-state index in [0.29, 0.717) is 13.0 Å². The van der Waals surface area contributed by atoms with Crippen molar-refractivity contribution in [2.45, 2.75) is 18.9 Å². The van der Waals surface area contributed by atoms with Gasteiger partial charge in [0.05, 0.1) is 19.3 Å². The van der Waals surface area contributed by atoms with E-state index >= 15 is 0 Å². The smallest absolute Gasteiger partial charge is 0.0829 e. The molecule has 1 atom stereocenters. The van der Waals surface area contributed by atoms with Gasteiger partial charge in [-0.25, -0.2) is 0 Å². The molecule has 0 aromatic carbocycles. The Morgan fingerprint density at radius 3 is 2.85 bits per heavy atom. The van der Waals surface area contributed by atoms with Gasteiger partial charge in [-0.2, -0.15) is 0 Å². The molecule has 0 aliphatic rings. The SMILES string of the molecule is [N-]=[N+]=NCC(O)COCCCCO. The Morgan fingerprint density at radius 1 is 1.46 bits per heavy atom. The van der Waals surface area contributed by atoms with Crippen LogP contribution >= 0.6 is 0 Å².